The Hall–Kier alpha value is -1.25. The minimum atomic E-state index is -0.488. The van der Waals surface area contributed by atoms with E-state index in [1.54, 1.807) is 18.2 Å². The molecule has 0 atom stereocenters. The van der Waals surface area contributed by atoms with Crippen molar-refractivity contribution in [3.63, 3.8) is 0 Å². The number of halogens is 2. The molecule has 0 aliphatic carbocycles. The van der Waals surface area contributed by atoms with E-state index in [-0.39, 0.29) is 16.7 Å². The number of carbonyl (C=O) groups is 2. The van der Waals surface area contributed by atoms with Crippen LogP contribution in [0.25, 0.3) is 0 Å². The second-order valence-corrected chi connectivity index (χ2v) is 8.74. The summed E-state index contributed by atoms with van der Waals surface area (Å²) in [6.45, 7) is 7.51. The molecular weight excluding hydrogens is 460 g/mol. The van der Waals surface area contributed by atoms with Crippen LogP contribution >= 0.6 is 43.2 Å². The van der Waals surface area contributed by atoms with Crippen LogP contribution < -0.4 is 10.1 Å². The quantitative estimate of drug-likeness (QED) is 0.492. The van der Waals surface area contributed by atoms with Crippen molar-refractivity contribution in [1.29, 1.82) is 0 Å². The van der Waals surface area contributed by atoms with E-state index in [2.05, 4.69) is 62.9 Å². The first kappa shape index (κ1) is 19.1. The van der Waals surface area contributed by atoms with E-state index in [4.69, 9.17) is 4.74 Å². The van der Waals surface area contributed by atoms with Crippen LogP contribution in [0.1, 0.15) is 42.9 Å². The summed E-state index contributed by atoms with van der Waals surface area (Å²) in [6.07, 6.45) is 0. The van der Waals surface area contributed by atoms with Crippen LogP contribution in [0.2, 0.25) is 0 Å². The Morgan fingerprint density at radius 2 is 1.92 bits per heavy atom. The Labute approximate surface area is 161 Å². The number of esters is 1. The van der Waals surface area contributed by atoms with Crippen LogP contribution in [0, 0.1) is 0 Å². The molecule has 8 heteroatoms. The molecule has 1 heterocycles. The zero-order valence-corrected chi connectivity index (χ0v) is 17.6. The highest BCUT2D eigenvalue weighted by Gasteiger charge is 2.23. The van der Waals surface area contributed by atoms with E-state index >= 15 is 0 Å². The van der Waals surface area contributed by atoms with Crippen LogP contribution in [-0.2, 0) is 10.2 Å². The Balaban J connectivity index is 2.30. The van der Waals surface area contributed by atoms with Crippen molar-refractivity contribution < 1.29 is 14.3 Å². The van der Waals surface area contributed by atoms with Gasteiger partial charge in [-0.1, -0.05) is 48.0 Å². The van der Waals surface area contributed by atoms with E-state index in [1.165, 1.54) is 18.3 Å². The number of hydrogen-bond donors (Lipinski definition) is 1. The third-order valence-corrected chi connectivity index (χ3v) is 5.65. The minimum Gasteiger partial charge on any atom is -0.426 e. The van der Waals surface area contributed by atoms with Crippen LogP contribution in [-0.4, -0.2) is 16.9 Å². The second-order valence-electron chi connectivity index (χ2n) is 6.08. The van der Waals surface area contributed by atoms with Crippen LogP contribution in [0.4, 0.5) is 5.13 Å². The Bertz CT molecular complexity index is 797. The predicted octanol–water partition coefficient (Wildman–Crippen LogP) is 5.14. The Morgan fingerprint density at radius 3 is 2.46 bits per heavy atom. The number of thiazole rings is 1. The smallest absolute Gasteiger partial charge is 0.308 e. The maximum absolute atomic E-state index is 12.6. The number of amides is 1. The number of nitrogens with zero attached hydrogens (tertiary/aromatic N) is 1. The van der Waals surface area contributed by atoms with E-state index in [9.17, 15) is 9.59 Å². The van der Waals surface area contributed by atoms with E-state index < -0.39 is 11.9 Å². The van der Waals surface area contributed by atoms with E-state index in [0.717, 1.165) is 4.88 Å². The summed E-state index contributed by atoms with van der Waals surface area (Å²) in [4.78, 5) is 29.1. The molecule has 1 amide bonds. The van der Waals surface area contributed by atoms with Gasteiger partial charge < -0.3 is 4.74 Å². The first-order valence-corrected chi connectivity index (χ1v) is 9.44. The van der Waals surface area contributed by atoms with Crippen LogP contribution in [0.15, 0.2) is 27.3 Å². The summed E-state index contributed by atoms with van der Waals surface area (Å²) >= 11 is 8.15. The second kappa shape index (κ2) is 7.33. The highest BCUT2D eigenvalue weighted by Crippen LogP contribution is 2.37. The normalized spacial score (nSPS) is 11.2. The van der Waals surface area contributed by atoms with Gasteiger partial charge in [0.2, 0.25) is 0 Å². The van der Waals surface area contributed by atoms with Gasteiger partial charge in [0, 0.05) is 16.3 Å². The lowest BCUT2D eigenvalue weighted by Crippen LogP contribution is -2.15. The highest BCUT2D eigenvalue weighted by atomic mass is 79.9. The average Bonchev–Trinajstić information content (AvgIpc) is 2.81. The minimum absolute atomic E-state index is 0.0852. The highest BCUT2D eigenvalue weighted by molar-refractivity contribution is 9.10. The number of carbonyl (C=O) groups excluding carboxylic acids is 2. The largest absolute Gasteiger partial charge is 0.426 e. The molecular formula is C16H16Br2N2O3S. The molecule has 5 nitrogen and oxygen atoms in total. The fourth-order valence-electron chi connectivity index (χ4n) is 1.91. The van der Waals surface area contributed by atoms with Crippen molar-refractivity contribution in [2.45, 2.75) is 33.1 Å². The van der Waals surface area contributed by atoms with Crippen molar-refractivity contribution >= 4 is 60.2 Å². The lowest BCUT2D eigenvalue weighted by Gasteiger charge is -2.15. The summed E-state index contributed by atoms with van der Waals surface area (Å²) in [5.74, 6) is -0.678. The molecule has 128 valence electrons. The fourth-order valence-corrected chi connectivity index (χ4v) is 4.31. The van der Waals surface area contributed by atoms with Gasteiger partial charge in [-0.25, -0.2) is 4.98 Å². The molecule has 1 aromatic carbocycles. The summed E-state index contributed by atoms with van der Waals surface area (Å²) in [6, 6.07) is 4.87. The van der Waals surface area contributed by atoms with Gasteiger partial charge in [-0.3, -0.25) is 14.9 Å². The summed E-state index contributed by atoms with van der Waals surface area (Å²) in [5, 5.41) is 3.24. The van der Waals surface area contributed by atoms with Crippen molar-refractivity contribution in [3.8, 4) is 5.75 Å². The molecule has 0 aliphatic rings. The van der Waals surface area contributed by atoms with Crippen molar-refractivity contribution in [3.05, 3.63) is 37.7 Å². The monoisotopic (exact) mass is 474 g/mol. The molecule has 0 saturated carbocycles. The number of anilines is 1. The van der Waals surface area contributed by atoms with Gasteiger partial charge in [0.15, 0.2) is 5.13 Å². The molecule has 0 unspecified atom stereocenters. The number of ether oxygens (including phenoxy) is 1. The van der Waals surface area contributed by atoms with Gasteiger partial charge in [-0.2, -0.15) is 0 Å². The zero-order valence-electron chi connectivity index (χ0n) is 13.6. The Morgan fingerprint density at radius 1 is 1.25 bits per heavy atom. The first-order chi connectivity index (χ1) is 11.1. The molecule has 24 heavy (non-hydrogen) atoms. The molecule has 1 N–H and O–H groups in total. The van der Waals surface area contributed by atoms with Crippen molar-refractivity contribution in [1.82, 2.24) is 4.98 Å². The van der Waals surface area contributed by atoms with Crippen molar-refractivity contribution in [2.75, 3.05) is 5.32 Å². The molecule has 0 saturated heterocycles. The molecule has 0 spiro atoms. The SMILES string of the molecule is CC(=O)Oc1ccc(Br)cc1C(=O)Nc1nc(Br)c(C(C)(C)C)s1. The van der Waals surface area contributed by atoms with Gasteiger partial charge in [0.25, 0.3) is 5.91 Å². The summed E-state index contributed by atoms with van der Waals surface area (Å²) in [7, 11) is 0. The van der Waals surface area contributed by atoms with Crippen LogP contribution in [0.3, 0.4) is 0 Å². The van der Waals surface area contributed by atoms with Gasteiger partial charge in [0.1, 0.15) is 10.4 Å². The number of rotatable bonds is 3. The van der Waals surface area contributed by atoms with E-state index in [0.29, 0.717) is 14.2 Å². The number of aromatic nitrogens is 1. The lowest BCUT2D eigenvalue weighted by atomic mass is 9.96. The number of nitrogens with one attached hydrogen (secondary N) is 1. The number of benzene rings is 1. The van der Waals surface area contributed by atoms with Crippen molar-refractivity contribution in [2.24, 2.45) is 0 Å². The maximum Gasteiger partial charge on any atom is 0.308 e. The maximum atomic E-state index is 12.6. The molecule has 2 rings (SSSR count). The number of hydrogen-bond acceptors (Lipinski definition) is 5. The van der Waals surface area contributed by atoms with Gasteiger partial charge in [0.05, 0.1) is 5.56 Å². The van der Waals surface area contributed by atoms with E-state index in [1.807, 2.05) is 0 Å². The van der Waals surface area contributed by atoms with Gasteiger partial charge >= 0.3 is 5.97 Å². The third kappa shape index (κ3) is 4.64. The Kier molecular flexibility index (Phi) is 5.83. The molecule has 0 fully saturated rings. The molecule has 2 aromatic rings. The third-order valence-electron chi connectivity index (χ3n) is 2.93. The summed E-state index contributed by atoms with van der Waals surface area (Å²) < 4.78 is 6.52. The fraction of sp³-hybridized carbons (Fsp3) is 0.312. The predicted molar refractivity (Wildman–Crippen MR) is 102 cm³/mol. The lowest BCUT2D eigenvalue weighted by molar-refractivity contribution is -0.131. The molecule has 0 radical (unpaired) electrons. The first-order valence-electron chi connectivity index (χ1n) is 7.04. The molecule has 0 bridgehead atoms. The zero-order chi connectivity index (χ0) is 18.1. The summed E-state index contributed by atoms with van der Waals surface area (Å²) in [5.41, 5.74) is 0.168. The average molecular weight is 476 g/mol. The standard InChI is InChI=1S/C16H16Br2N2O3S/c1-8(21)23-11-6-5-9(17)7-10(11)14(22)20-15-19-13(18)12(24-15)16(2,3)4/h5-7H,1-4H3,(H,19,20,22). The molecule has 1 aromatic heterocycles. The van der Waals surface area contributed by atoms with Gasteiger partial charge in [-0.05, 0) is 39.5 Å². The molecule has 0 aliphatic heterocycles. The van der Waals surface area contributed by atoms with Crippen LogP contribution in [0.5, 0.6) is 5.75 Å². The topological polar surface area (TPSA) is 68.3 Å². The van der Waals surface area contributed by atoms with Gasteiger partial charge in [-0.15, -0.1) is 0 Å².